The highest BCUT2D eigenvalue weighted by Gasteiger charge is 2.07. The zero-order chi connectivity index (χ0) is 11.4. The lowest BCUT2D eigenvalue weighted by Crippen LogP contribution is -2.04. The summed E-state index contributed by atoms with van der Waals surface area (Å²) in [5.74, 6) is 0. The van der Waals surface area contributed by atoms with Crippen molar-refractivity contribution in [1.82, 2.24) is 0 Å². The van der Waals surface area contributed by atoms with Crippen LogP contribution in [0.5, 0.6) is 0 Å². The number of nitrogens with zero attached hydrogens (tertiary/aromatic N) is 1. The normalized spacial score (nSPS) is 11.5. The molecule has 0 unspecified atom stereocenters. The number of aryl methyl sites for hydroxylation is 1. The first-order valence-electron chi connectivity index (χ1n) is 5.41. The van der Waals surface area contributed by atoms with E-state index >= 15 is 0 Å². The summed E-state index contributed by atoms with van der Waals surface area (Å²) in [7, 11) is 1.84. The van der Waals surface area contributed by atoms with Crippen LogP contribution in [0.15, 0.2) is 59.6 Å². The second kappa shape index (κ2) is 4.75. The number of hydrogen-bond donors (Lipinski definition) is 0. The van der Waals surface area contributed by atoms with Crippen LogP contribution in [0, 0.1) is 6.92 Å². The topological polar surface area (TPSA) is 12.4 Å². The summed E-state index contributed by atoms with van der Waals surface area (Å²) in [5.41, 5.74) is 4.68. The van der Waals surface area contributed by atoms with Crippen LogP contribution in [-0.4, -0.2) is 12.8 Å². The summed E-state index contributed by atoms with van der Waals surface area (Å²) in [5, 5.41) is 0. The Morgan fingerprint density at radius 3 is 2.12 bits per heavy atom. The van der Waals surface area contributed by atoms with Crippen LogP contribution in [0.4, 0.5) is 0 Å². The van der Waals surface area contributed by atoms with Crippen LogP contribution in [0.3, 0.4) is 0 Å². The van der Waals surface area contributed by atoms with Gasteiger partial charge in [-0.3, -0.25) is 4.99 Å². The van der Waals surface area contributed by atoms with Gasteiger partial charge in [-0.05, 0) is 12.5 Å². The number of rotatable bonds is 2. The van der Waals surface area contributed by atoms with Crippen LogP contribution in [-0.2, 0) is 0 Å². The first-order valence-corrected chi connectivity index (χ1v) is 5.41. The van der Waals surface area contributed by atoms with Crippen LogP contribution in [0.2, 0.25) is 0 Å². The second-order valence-corrected chi connectivity index (χ2v) is 3.75. The molecule has 0 radical (unpaired) electrons. The largest absolute Gasteiger partial charge is 0.287 e. The Hall–Kier alpha value is -1.89. The van der Waals surface area contributed by atoms with E-state index in [9.17, 15) is 0 Å². The van der Waals surface area contributed by atoms with E-state index in [1.165, 1.54) is 16.7 Å². The third kappa shape index (κ3) is 2.03. The standard InChI is InChI=1S/C15H15N/c1-12-8-6-7-11-14(12)15(16-2)13-9-4-3-5-10-13/h3-11H,1-2H3. The minimum absolute atomic E-state index is 1.05. The molecule has 0 aliphatic rings. The zero-order valence-corrected chi connectivity index (χ0v) is 9.64. The maximum atomic E-state index is 4.41. The summed E-state index contributed by atoms with van der Waals surface area (Å²) >= 11 is 0. The highest BCUT2D eigenvalue weighted by molar-refractivity contribution is 6.13. The SMILES string of the molecule is CN=C(c1ccccc1)c1ccccc1C. The lowest BCUT2D eigenvalue weighted by atomic mass is 9.98. The van der Waals surface area contributed by atoms with Gasteiger partial charge >= 0.3 is 0 Å². The van der Waals surface area contributed by atoms with Gasteiger partial charge in [-0.15, -0.1) is 0 Å². The van der Waals surface area contributed by atoms with E-state index in [1.54, 1.807) is 0 Å². The highest BCUT2D eigenvalue weighted by atomic mass is 14.7. The smallest absolute Gasteiger partial charge is 0.0718 e. The van der Waals surface area contributed by atoms with E-state index in [-0.39, 0.29) is 0 Å². The minimum Gasteiger partial charge on any atom is -0.287 e. The molecule has 2 aromatic carbocycles. The van der Waals surface area contributed by atoms with Crippen molar-refractivity contribution in [2.45, 2.75) is 6.92 Å². The molecule has 1 heteroatoms. The molecule has 0 N–H and O–H groups in total. The van der Waals surface area contributed by atoms with E-state index in [2.05, 4.69) is 48.3 Å². The number of benzene rings is 2. The molecule has 2 aromatic rings. The molecule has 1 nitrogen and oxygen atoms in total. The number of hydrogen-bond acceptors (Lipinski definition) is 1. The molecular weight excluding hydrogens is 194 g/mol. The van der Waals surface area contributed by atoms with Crippen molar-refractivity contribution >= 4 is 5.71 Å². The molecule has 0 aliphatic heterocycles. The van der Waals surface area contributed by atoms with Gasteiger partial charge in [0.2, 0.25) is 0 Å². The van der Waals surface area contributed by atoms with Gasteiger partial charge in [0.05, 0.1) is 5.71 Å². The van der Waals surface area contributed by atoms with Crippen molar-refractivity contribution in [3.63, 3.8) is 0 Å². The molecule has 0 saturated carbocycles. The summed E-state index contributed by atoms with van der Waals surface area (Å²) in [4.78, 5) is 4.41. The molecule has 0 heterocycles. The Kier molecular flexibility index (Phi) is 3.16. The van der Waals surface area contributed by atoms with Gasteiger partial charge in [0, 0.05) is 18.2 Å². The Bertz CT molecular complexity index is 498. The predicted octanol–water partition coefficient (Wildman–Crippen LogP) is 3.46. The van der Waals surface area contributed by atoms with Gasteiger partial charge in [-0.1, -0.05) is 54.6 Å². The van der Waals surface area contributed by atoms with Crippen molar-refractivity contribution in [2.75, 3.05) is 7.05 Å². The van der Waals surface area contributed by atoms with Crippen molar-refractivity contribution in [2.24, 2.45) is 4.99 Å². The van der Waals surface area contributed by atoms with Crippen molar-refractivity contribution in [1.29, 1.82) is 0 Å². The van der Waals surface area contributed by atoms with Crippen molar-refractivity contribution in [3.05, 3.63) is 71.3 Å². The van der Waals surface area contributed by atoms with Gasteiger partial charge < -0.3 is 0 Å². The Balaban J connectivity index is 2.51. The highest BCUT2D eigenvalue weighted by Crippen LogP contribution is 2.14. The fourth-order valence-electron chi connectivity index (χ4n) is 1.84. The maximum Gasteiger partial charge on any atom is 0.0718 e. The lowest BCUT2D eigenvalue weighted by molar-refractivity contribution is 1.37. The molecule has 0 amide bonds. The summed E-state index contributed by atoms with van der Waals surface area (Å²) in [6.45, 7) is 2.11. The van der Waals surface area contributed by atoms with Crippen LogP contribution in [0.25, 0.3) is 0 Å². The van der Waals surface area contributed by atoms with E-state index < -0.39 is 0 Å². The molecule has 0 saturated heterocycles. The first kappa shape index (κ1) is 10.6. The van der Waals surface area contributed by atoms with Crippen LogP contribution >= 0.6 is 0 Å². The lowest BCUT2D eigenvalue weighted by Gasteiger charge is -2.08. The monoisotopic (exact) mass is 209 g/mol. The molecule has 2 rings (SSSR count). The third-order valence-electron chi connectivity index (χ3n) is 2.67. The molecule has 0 fully saturated rings. The van der Waals surface area contributed by atoms with E-state index in [4.69, 9.17) is 0 Å². The van der Waals surface area contributed by atoms with E-state index in [1.807, 2.05) is 25.2 Å². The van der Waals surface area contributed by atoms with Gasteiger partial charge in [0.1, 0.15) is 0 Å². The average Bonchev–Trinajstić information content (AvgIpc) is 2.34. The third-order valence-corrected chi connectivity index (χ3v) is 2.67. The molecule has 0 aromatic heterocycles. The second-order valence-electron chi connectivity index (χ2n) is 3.75. The molecular formula is C15H15N. The predicted molar refractivity (Wildman–Crippen MR) is 69.2 cm³/mol. The van der Waals surface area contributed by atoms with Crippen LogP contribution in [0.1, 0.15) is 16.7 Å². The Morgan fingerprint density at radius 2 is 1.50 bits per heavy atom. The van der Waals surface area contributed by atoms with Gasteiger partial charge in [0.15, 0.2) is 0 Å². The Morgan fingerprint density at radius 1 is 0.875 bits per heavy atom. The summed E-state index contributed by atoms with van der Waals surface area (Å²) < 4.78 is 0. The van der Waals surface area contributed by atoms with Gasteiger partial charge in [-0.25, -0.2) is 0 Å². The minimum atomic E-state index is 1.05. The zero-order valence-electron chi connectivity index (χ0n) is 9.64. The fourth-order valence-corrected chi connectivity index (χ4v) is 1.84. The van der Waals surface area contributed by atoms with E-state index in [0.29, 0.717) is 0 Å². The average molecular weight is 209 g/mol. The Labute approximate surface area is 96.5 Å². The van der Waals surface area contributed by atoms with Gasteiger partial charge in [-0.2, -0.15) is 0 Å². The van der Waals surface area contributed by atoms with Crippen molar-refractivity contribution in [3.8, 4) is 0 Å². The summed E-state index contributed by atoms with van der Waals surface area (Å²) in [6.07, 6.45) is 0. The fraction of sp³-hybridized carbons (Fsp3) is 0.133. The summed E-state index contributed by atoms with van der Waals surface area (Å²) in [6, 6.07) is 18.6. The maximum absolute atomic E-state index is 4.41. The quantitative estimate of drug-likeness (QED) is 0.672. The molecule has 16 heavy (non-hydrogen) atoms. The molecule has 80 valence electrons. The molecule has 0 aliphatic carbocycles. The van der Waals surface area contributed by atoms with Crippen molar-refractivity contribution < 1.29 is 0 Å². The van der Waals surface area contributed by atoms with E-state index in [0.717, 1.165) is 5.71 Å². The van der Waals surface area contributed by atoms with Crippen LogP contribution < -0.4 is 0 Å². The number of aliphatic imine (C=N–C) groups is 1. The molecule has 0 spiro atoms. The molecule has 0 atom stereocenters. The first-order chi connectivity index (χ1) is 7.83. The van der Waals surface area contributed by atoms with Gasteiger partial charge in [0.25, 0.3) is 0 Å². The molecule has 0 bridgehead atoms.